The van der Waals surface area contributed by atoms with Crippen molar-refractivity contribution >= 4 is 16.9 Å². The molecule has 4 aromatic rings. The first-order valence-electron chi connectivity index (χ1n) is 8.94. The first-order valence-corrected chi connectivity index (χ1v) is 8.94. The highest BCUT2D eigenvalue weighted by Crippen LogP contribution is 2.17. The maximum Gasteiger partial charge on any atom is 0.328 e. The molecule has 0 unspecified atom stereocenters. The molecule has 7 nitrogen and oxygen atoms in total. The van der Waals surface area contributed by atoms with E-state index in [1.807, 2.05) is 30.3 Å². The summed E-state index contributed by atoms with van der Waals surface area (Å²) in [5.41, 5.74) is 1.71. The highest BCUT2D eigenvalue weighted by Gasteiger charge is 2.17. The van der Waals surface area contributed by atoms with Crippen LogP contribution in [-0.2, 0) is 22.7 Å². The molecular weight excluding hydrogens is 375 g/mol. The number of ether oxygens (including phenoxy) is 1. The smallest absolute Gasteiger partial charge is 0.328 e. The Morgan fingerprint density at radius 1 is 1.10 bits per heavy atom. The van der Waals surface area contributed by atoms with Crippen LogP contribution in [0.5, 0.6) is 0 Å². The van der Waals surface area contributed by atoms with E-state index >= 15 is 0 Å². The van der Waals surface area contributed by atoms with Crippen LogP contribution in [0.2, 0.25) is 0 Å². The van der Waals surface area contributed by atoms with E-state index in [-0.39, 0.29) is 24.5 Å². The largest absolute Gasteiger partial charge is 0.459 e. The second-order valence-corrected chi connectivity index (χ2v) is 6.49. The zero-order valence-corrected chi connectivity index (χ0v) is 15.6. The minimum absolute atomic E-state index is 0.114. The number of hydrogen-bond acceptors (Lipinski definition) is 5. The minimum Gasteiger partial charge on any atom is -0.459 e. The van der Waals surface area contributed by atoms with E-state index in [0.717, 1.165) is 10.2 Å². The van der Waals surface area contributed by atoms with E-state index in [1.165, 1.54) is 35.1 Å². The van der Waals surface area contributed by atoms with E-state index in [1.54, 1.807) is 6.92 Å². The van der Waals surface area contributed by atoms with Crippen LogP contribution in [0.25, 0.3) is 16.6 Å². The summed E-state index contributed by atoms with van der Waals surface area (Å²) < 4.78 is 21.0. The second-order valence-electron chi connectivity index (χ2n) is 6.49. The number of nitrogens with zero attached hydrogens (tertiary/aromatic N) is 4. The third-order valence-electron chi connectivity index (χ3n) is 4.46. The zero-order valence-electron chi connectivity index (χ0n) is 15.6. The molecule has 2 heterocycles. The monoisotopic (exact) mass is 392 g/mol. The molecule has 0 aliphatic rings. The molecule has 4 rings (SSSR count). The summed E-state index contributed by atoms with van der Waals surface area (Å²) >= 11 is 0. The normalized spacial score (nSPS) is 11.0. The maximum atomic E-state index is 13.2. The third-order valence-corrected chi connectivity index (χ3v) is 4.46. The molecule has 2 aromatic carbocycles. The van der Waals surface area contributed by atoms with Gasteiger partial charge in [0.05, 0.1) is 17.6 Å². The number of halogens is 1. The van der Waals surface area contributed by atoms with Crippen LogP contribution in [0.3, 0.4) is 0 Å². The van der Waals surface area contributed by atoms with Gasteiger partial charge in [-0.3, -0.25) is 9.59 Å². The fourth-order valence-corrected chi connectivity index (χ4v) is 3.01. The van der Waals surface area contributed by atoms with Crippen molar-refractivity contribution in [1.82, 2.24) is 19.6 Å². The summed E-state index contributed by atoms with van der Waals surface area (Å²) in [5, 5.41) is 9.01. The number of rotatable bonds is 5. The van der Waals surface area contributed by atoms with Gasteiger partial charge >= 0.3 is 5.97 Å². The number of aromatic nitrogens is 4. The van der Waals surface area contributed by atoms with Crippen molar-refractivity contribution in [3.63, 3.8) is 0 Å². The molecule has 29 heavy (non-hydrogen) atoms. The zero-order chi connectivity index (χ0) is 20.4. The van der Waals surface area contributed by atoms with Crippen molar-refractivity contribution in [1.29, 1.82) is 0 Å². The van der Waals surface area contributed by atoms with Gasteiger partial charge in [0.25, 0.3) is 5.56 Å². The Balaban J connectivity index is 1.64. The van der Waals surface area contributed by atoms with Crippen molar-refractivity contribution in [2.24, 2.45) is 0 Å². The lowest BCUT2D eigenvalue weighted by molar-refractivity contribution is -0.146. The number of esters is 1. The van der Waals surface area contributed by atoms with Crippen LogP contribution < -0.4 is 5.56 Å². The van der Waals surface area contributed by atoms with Crippen molar-refractivity contribution < 1.29 is 13.9 Å². The van der Waals surface area contributed by atoms with Gasteiger partial charge in [0.1, 0.15) is 24.5 Å². The molecule has 0 aliphatic heterocycles. The van der Waals surface area contributed by atoms with E-state index in [9.17, 15) is 14.0 Å². The Bertz CT molecular complexity index is 1230. The van der Waals surface area contributed by atoms with E-state index in [2.05, 4.69) is 10.2 Å². The molecule has 0 bridgehead atoms. The summed E-state index contributed by atoms with van der Waals surface area (Å²) in [6.45, 7) is 1.52. The predicted molar refractivity (Wildman–Crippen MR) is 104 cm³/mol. The van der Waals surface area contributed by atoms with Crippen molar-refractivity contribution in [2.75, 3.05) is 0 Å². The number of aryl methyl sites for hydroxylation is 1. The average molecular weight is 392 g/mol. The lowest BCUT2D eigenvalue weighted by Crippen LogP contribution is -2.29. The minimum atomic E-state index is -0.574. The lowest BCUT2D eigenvalue weighted by atomic mass is 10.2. The Morgan fingerprint density at radius 3 is 2.55 bits per heavy atom. The van der Waals surface area contributed by atoms with E-state index < -0.39 is 11.5 Å². The van der Waals surface area contributed by atoms with Gasteiger partial charge in [-0.15, -0.1) is 0 Å². The Labute approximate surface area is 165 Å². The molecule has 146 valence electrons. The molecular formula is C21H17FN4O3. The van der Waals surface area contributed by atoms with Crippen molar-refractivity contribution in [2.45, 2.75) is 20.1 Å². The van der Waals surface area contributed by atoms with Gasteiger partial charge in [0.15, 0.2) is 0 Å². The molecule has 2 aromatic heterocycles. The van der Waals surface area contributed by atoms with Crippen LogP contribution in [0.1, 0.15) is 11.3 Å². The van der Waals surface area contributed by atoms with Gasteiger partial charge in [-0.2, -0.15) is 10.2 Å². The molecule has 0 atom stereocenters. The fraction of sp³-hybridized carbons (Fsp3) is 0.143. The maximum absolute atomic E-state index is 13.2. The highest BCUT2D eigenvalue weighted by atomic mass is 19.1. The molecule has 0 radical (unpaired) electrons. The summed E-state index contributed by atoms with van der Waals surface area (Å²) in [6, 6.07) is 14.9. The molecule has 8 heteroatoms. The summed E-state index contributed by atoms with van der Waals surface area (Å²) in [5.74, 6) is -0.961. The van der Waals surface area contributed by atoms with Gasteiger partial charge in [-0.1, -0.05) is 30.3 Å². The quantitative estimate of drug-likeness (QED) is 0.488. The van der Waals surface area contributed by atoms with Crippen LogP contribution in [-0.4, -0.2) is 25.5 Å². The molecule has 0 saturated heterocycles. The van der Waals surface area contributed by atoms with Gasteiger partial charge in [-0.25, -0.2) is 13.8 Å². The predicted octanol–water partition coefficient (Wildman–Crippen LogP) is 2.77. The van der Waals surface area contributed by atoms with Crippen LogP contribution in [0.15, 0.2) is 65.6 Å². The van der Waals surface area contributed by atoms with Gasteiger partial charge in [0, 0.05) is 5.39 Å². The molecule has 0 spiro atoms. The number of carbonyl (C=O) groups excluding carboxylic acids is 1. The standard InChI is InChI=1S/C21H17FN4O3/c1-14-18-11-23-26(17-9-7-16(22)8-10-17)20(18)21(28)25(24-14)12-19(27)29-13-15-5-3-2-4-6-15/h2-11H,12-13H2,1H3. The molecule has 0 fully saturated rings. The Morgan fingerprint density at radius 2 is 1.83 bits per heavy atom. The number of carbonyl (C=O) groups is 1. The first kappa shape index (κ1) is 18.5. The topological polar surface area (TPSA) is 79.0 Å². The SMILES string of the molecule is Cc1nn(CC(=O)OCc2ccccc2)c(=O)c2c1cnn2-c1ccc(F)cc1. The first-order chi connectivity index (χ1) is 14.0. The second kappa shape index (κ2) is 7.67. The molecule has 0 amide bonds. The van der Waals surface area contributed by atoms with Gasteiger partial charge in [0.2, 0.25) is 0 Å². The number of hydrogen-bond donors (Lipinski definition) is 0. The summed E-state index contributed by atoms with van der Waals surface area (Å²) in [7, 11) is 0. The van der Waals surface area contributed by atoms with Crippen molar-refractivity contribution in [3.05, 3.63) is 88.2 Å². The Kier molecular flexibility index (Phi) is 4.90. The Hall–Kier alpha value is -3.81. The van der Waals surface area contributed by atoms with E-state index in [4.69, 9.17) is 4.74 Å². The molecule has 0 N–H and O–H groups in total. The van der Waals surface area contributed by atoms with Crippen LogP contribution in [0, 0.1) is 12.7 Å². The average Bonchev–Trinajstić information content (AvgIpc) is 3.18. The molecule has 0 aliphatic carbocycles. The summed E-state index contributed by atoms with van der Waals surface area (Å²) in [4.78, 5) is 25.2. The van der Waals surface area contributed by atoms with Crippen LogP contribution in [0.4, 0.5) is 4.39 Å². The highest BCUT2D eigenvalue weighted by molar-refractivity contribution is 5.81. The van der Waals surface area contributed by atoms with Gasteiger partial charge in [-0.05, 0) is 36.8 Å². The van der Waals surface area contributed by atoms with Crippen molar-refractivity contribution in [3.8, 4) is 5.69 Å². The van der Waals surface area contributed by atoms with Crippen LogP contribution >= 0.6 is 0 Å². The number of fused-ring (bicyclic) bond motifs is 1. The lowest BCUT2D eigenvalue weighted by Gasteiger charge is -2.09. The van der Waals surface area contributed by atoms with Gasteiger partial charge < -0.3 is 4.74 Å². The third kappa shape index (κ3) is 3.77. The number of benzene rings is 2. The fourth-order valence-electron chi connectivity index (χ4n) is 3.01. The van der Waals surface area contributed by atoms with E-state index in [0.29, 0.717) is 16.8 Å². The summed E-state index contributed by atoms with van der Waals surface area (Å²) in [6.07, 6.45) is 1.53. The molecule has 0 saturated carbocycles.